The zero-order valence-corrected chi connectivity index (χ0v) is 17.0. The zero-order valence-electron chi connectivity index (χ0n) is 17.0. The summed E-state index contributed by atoms with van der Waals surface area (Å²) in [6, 6.07) is 11.4. The number of nitrogens with one attached hydrogen (secondary N) is 1. The Morgan fingerprint density at radius 1 is 1.19 bits per heavy atom. The van der Waals surface area contributed by atoms with Crippen molar-refractivity contribution in [2.75, 3.05) is 6.54 Å². The molecule has 1 saturated heterocycles. The number of hydrogen-bond donors (Lipinski definition) is 1. The lowest BCUT2D eigenvalue weighted by Gasteiger charge is -2.40. The number of carbonyl (C=O) groups is 1. The van der Waals surface area contributed by atoms with Crippen LogP contribution in [0.2, 0.25) is 0 Å². The molecule has 1 aromatic rings. The van der Waals surface area contributed by atoms with Gasteiger partial charge in [-0.05, 0) is 45.6 Å². The van der Waals surface area contributed by atoms with Crippen LogP contribution in [0.25, 0.3) is 0 Å². The van der Waals surface area contributed by atoms with Gasteiger partial charge in [-0.25, -0.2) is 4.79 Å². The first kappa shape index (κ1) is 20.8. The van der Waals surface area contributed by atoms with Crippen LogP contribution in [-0.4, -0.2) is 35.2 Å². The number of nitrogens with zero attached hydrogens (tertiary/aromatic N) is 1. The highest BCUT2D eigenvalue weighted by molar-refractivity contribution is 5.68. The topological polar surface area (TPSA) is 41.6 Å². The molecule has 1 unspecified atom stereocenters. The van der Waals surface area contributed by atoms with Crippen molar-refractivity contribution < 1.29 is 9.53 Å². The van der Waals surface area contributed by atoms with Gasteiger partial charge in [-0.15, -0.1) is 0 Å². The Bertz CT molecular complexity index is 539. The van der Waals surface area contributed by atoms with E-state index in [0.717, 1.165) is 25.9 Å². The lowest BCUT2D eigenvalue weighted by Crippen LogP contribution is -2.52. The molecule has 2 rings (SSSR count). The SMILES string of the molecule is CCCCCC1CC[C@H](NC(=O)OC(C)(C)C)CN1Cc1ccccc1. The van der Waals surface area contributed by atoms with Crippen LogP contribution in [0.5, 0.6) is 0 Å². The van der Waals surface area contributed by atoms with Crippen LogP contribution in [-0.2, 0) is 11.3 Å². The van der Waals surface area contributed by atoms with Gasteiger partial charge < -0.3 is 10.1 Å². The van der Waals surface area contributed by atoms with Crippen LogP contribution in [0, 0.1) is 0 Å². The molecule has 4 heteroatoms. The summed E-state index contributed by atoms with van der Waals surface area (Å²) in [6.45, 7) is 9.80. The van der Waals surface area contributed by atoms with Crippen molar-refractivity contribution in [3.05, 3.63) is 35.9 Å². The Kier molecular flexibility index (Phi) is 7.95. The average molecular weight is 361 g/mol. The molecule has 1 aliphatic heterocycles. The Balaban J connectivity index is 1.95. The van der Waals surface area contributed by atoms with Gasteiger partial charge in [0, 0.05) is 25.2 Å². The molecule has 146 valence electrons. The minimum Gasteiger partial charge on any atom is -0.444 e. The van der Waals surface area contributed by atoms with E-state index in [9.17, 15) is 4.79 Å². The highest BCUT2D eigenvalue weighted by Crippen LogP contribution is 2.24. The Morgan fingerprint density at radius 2 is 1.92 bits per heavy atom. The molecule has 1 aliphatic rings. The number of hydrogen-bond acceptors (Lipinski definition) is 3. The highest BCUT2D eigenvalue weighted by atomic mass is 16.6. The summed E-state index contributed by atoms with van der Waals surface area (Å²) < 4.78 is 5.43. The number of rotatable bonds is 7. The normalized spacial score (nSPS) is 21.4. The molecule has 0 aromatic heterocycles. The summed E-state index contributed by atoms with van der Waals surface area (Å²) in [5, 5.41) is 3.08. The summed E-state index contributed by atoms with van der Waals surface area (Å²) in [7, 11) is 0. The van der Waals surface area contributed by atoms with E-state index in [0.29, 0.717) is 6.04 Å². The average Bonchev–Trinajstić information content (AvgIpc) is 2.56. The molecule has 1 N–H and O–H groups in total. The van der Waals surface area contributed by atoms with Gasteiger partial charge in [0.1, 0.15) is 5.60 Å². The van der Waals surface area contributed by atoms with Gasteiger partial charge in [0.2, 0.25) is 0 Å². The van der Waals surface area contributed by atoms with E-state index < -0.39 is 5.60 Å². The second-order valence-corrected chi connectivity index (χ2v) is 8.49. The fraction of sp³-hybridized carbons (Fsp3) is 0.682. The minimum atomic E-state index is -0.453. The second-order valence-electron chi connectivity index (χ2n) is 8.49. The second kappa shape index (κ2) is 9.96. The molecule has 26 heavy (non-hydrogen) atoms. The zero-order chi connectivity index (χ0) is 19.0. The van der Waals surface area contributed by atoms with Crippen molar-refractivity contribution in [2.45, 2.75) is 90.4 Å². The van der Waals surface area contributed by atoms with Crippen LogP contribution in [0.1, 0.15) is 71.8 Å². The predicted molar refractivity (Wildman–Crippen MR) is 107 cm³/mol. The van der Waals surface area contributed by atoms with E-state index in [1.165, 1.54) is 31.2 Å². The summed E-state index contributed by atoms with van der Waals surface area (Å²) in [4.78, 5) is 14.7. The third-order valence-corrected chi connectivity index (χ3v) is 4.91. The lowest BCUT2D eigenvalue weighted by molar-refractivity contribution is 0.0428. The van der Waals surface area contributed by atoms with Crippen LogP contribution in [0.3, 0.4) is 0 Å². The van der Waals surface area contributed by atoms with Crippen LogP contribution < -0.4 is 5.32 Å². The summed E-state index contributed by atoms with van der Waals surface area (Å²) >= 11 is 0. The largest absolute Gasteiger partial charge is 0.444 e. The fourth-order valence-corrected chi connectivity index (χ4v) is 3.66. The molecular weight excluding hydrogens is 324 g/mol. The van der Waals surface area contributed by atoms with Crippen molar-refractivity contribution >= 4 is 6.09 Å². The Morgan fingerprint density at radius 3 is 2.58 bits per heavy atom. The molecular formula is C22H36N2O2. The maximum atomic E-state index is 12.1. The first-order chi connectivity index (χ1) is 12.4. The van der Waals surface area contributed by atoms with Gasteiger partial charge in [-0.1, -0.05) is 56.5 Å². The van der Waals surface area contributed by atoms with Crippen molar-refractivity contribution in [3.8, 4) is 0 Å². The van der Waals surface area contributed by atoms with Crippen molar-refractivity contribution in [3.63, 3.8) is 0 Å². The van der Waals surface area contributed by atoms with Gasteiger partial charge >= 0.3 is 6.09 Å². The highest BCUT2D eigenvalue weighted by Gasteiger charge is 2.29. The molecule has 0 aliphatic carbocycles. The minimum absolute atomic E-state index is 0.163. The smallest absolute Gasteiger partial charge is 0.407 e. The first-order valence-electron chi connectivity index (χ1n) is 10.1. The summed E-state index contributed by atoms with van der Waals surface area (Å²) in [5.41, 5.74) is 0.886. The molecule has 4 nitrogen and oxygen atoms in total. The van der Waals surface area contributed by atoms with Gasteiger partial charge in [0.15, 0.2) is 0 Å². The van der Waals surface area contributed by atoms with Crippen LogP contribution in [0.4, 0.5) is 4.79 Å². The molecule has 2 atom stereocenters. The number of piperidine rings is 1. The monoisotopic (exact) mass is 360 g/mol. The molecule has 0 bridgehead atoms. The summed E-state index contributed by atoms with van der Waals surface area (Å²) in [5.74, 6) is 0. The van der Waals surface area contributed by atoms with Gasteiger partial charge in [-0.3, -0.25) is 4.90 Å². The van der Waals surface area contributed by atoms with Crippen molar-refractivity contribution in [2.24, 2.45) is 0 Å². The number of unbranched alkanes of at least 4 members (excludes halogenated alkanes) is 2. The number of alkyl carbamates (subject to hydrolysis) is 1. The van der Waals surface area contributed by atoms with Crippen LogP contribution in [0.15, 0.2) is 30.3 Å². The molecule has 1 heterocycles. The van der Waals surface area contributed by atoms with E-state index in [2.05, 4.69) is 47.5 Å². The number of benzene rings is 1. The number of likely N-dealkylation sites (tertiary alicyclic amines) is 1. The maximum absolute atomic E-state index is 12.1. The van der Waals surface area contributed by atoms with Gasteiger partial charge in [0.25, 0.3) is 0 Å². The molecule has 1 aromatic carbocycles. The fourth-order valence-electron chi connectivity index (χ4n) is 3.66. The molecule has 0 saturated carbocycles. The standard InChI is InChI=1S/C22H36N2O2/c1-5-6-8-13-20-15-14-19(23-21(25)26-22(2,3)4)17-24(20)16-18-11-9-7-10-12-18/h7,9-12,19-20H,5-6,8,13-17H2,1-4H3,(H,23,25)/t19-,20?/m0/s1. The van der Waals surface area contributed by atoms with E-state index in [-0.39, 0.29) is 12.1 Å². The number of amides is 1. The van der Waals surface area contributed by atoms with E-state index in [1.807, 2.05) is 20.8 Å². The Labute approximate surface area is 159 Å². The lowest BCUT2D eigenvalue weighted by atomic mass is 9.93. The van der Waals surface area contributed by atoms with E-state index in [1.54, 1.807) is 0 Å². The van der Waals surface area contributed by atoms with E-state index >= 15 is 0 Å². The third-order valence-electron chi connectivity index (χ3n) is 4.91. The predicted octanol–water partition coefficient (Wildman–Crippen LogP) is 5.12. The maximum Gasteiger partial charge on any atom is 0.407 e. The molecule has 0 spiro atoms. The quantitative estimate of drug-likeness (QED) is 0.686. The molecule has 1 amide bonds. The number of carbonyl (C=O) groups excluding carboxylic acids is 1. The molecule has 1 fully saturated rings. The first-order valence-corrected chi connectivity index (χ1v) is 10.1. The molecule has 0 radical (unpaired) electrons. The van der Waals surface area contributed by atoms with E-state index in [4.69, 9.17) is 4.74 Å². The van der Waals surface area contributed by atoms with Crippen LogP contribution >= 0.6 is 0 Å². The Hall–Kier alpha value is -1.55. The van der Waals surface area contributed by atoms with Crippen molar-refractivity contribution in [1.82, 2.24) is 10.2 Å². The third kappa shape index (κ3) is 7.36. The number of ether oxygens (including phenoxy) is 1. The van der Waals surface area contributed by atoms with Gasteiger partial charge in [0.05, 0.1) is 0 Å². The van der Waals surface area contributed by atoms with Gasteiger partial charge in [-0.2, -0.15) is 0 Å². The van der Waals surface area contributed by atoms with Crippen molar-refractivity contribution in [1.29, 1.82) is 0 Å². The summed E-state index contributed by atoms with van der Waals surface area (Å²) in [6.07, 6.45) is 6.96.